The van der Waals surface area contributed by atoms with Gasteiger partial charge in [-0.2, -0.15) is 0 Å². The second kappa shape index (κ2) is 5.21. The summed E-state index contributed by atoms with van der Waals surface area (Å²) in [6.45, 7) is 1.85. The van der Waals surface area contributed by atoms with Crippen LogP contribution in [0, 0.1) is 12.8 Å². The number of carbonyl (C=O) groups is 2. The molecule has 0 saturated heterocycles. The van der Waals surface area contributed by atoms with E-state index in [0.717, 1.165) is 30.5 Å². The van der Waals surface area contributed by atoms with Gasteiger partial charge in [0.25, 0.3) is 5.91 Å². The van der Waals surface area contributed by atoms with Crippen molar-refractivity contribution >= 4 is 17.5 Å². The Hall–Kier alpha value is -1.84. The molecule has 0 radical (unpaired) electrons. The maximum atomic E-state index is 11.9. The fourth-order valence-electron chi connectivity index (χ4n) is 2.06. The van der Waals surface area contributed by atoms with Crippen molar-refractivity contribution in [1.29, 1.82) is 0 Å². The van der Waals surface area contributed by atoms with Crippen molar-refractivity contribution in [3.8, 4) is 0 Å². The summed E-state index contributed by atoms with van der Waals surface area (Å²) in [4.78, 5) is 23.5. The van der Waals surface area contributed by atoms with E-state index in [2.05, 4.69) is 10.6 Å². The Morgan fingerprint density at radius 2 is 2.00 bits per heavy atom. The molecule has 1 saturated carbocycles. The van der Waals surface area contributed by atoms with Crippen LogP contribution in [0.5, 0.6) is 0 Å². The van der Waals surface area contributed by atoms with Crippen molar-refractivity contribution in [3.63, 3.8) is 0 Å². The summed E-state index contributed by atoms with van der Waals surface area (Å²) in [5.74, 6) is 0.0821. The standard InChI is InChI=1S/C14H18N2O2/c1-9-11(14(18)15-2)7-4-8-12(9)16-13(17)10-5-3-6-10/h4,7-8,10H,3,5-6H2,1-2H3,(H,15,18)(H,16,17). The first-order chi connectivity index (χ1) is 8.63. The van der Waals surface area contributed by atoms with Crippen LogP contribution in [0.15, 0.2) is 18.2 Å². The zero-order valence-corrected chi connectivity index (χ0v) is 10.7. The summed E-state index contributed by atoms with van der Waals surface area (Å²) < 4.78 is 0. The molecular weight excluding hydrogens is 228 g/mol. The molecule has 1 aromatic carbocycles. The fraction of sp³-hybridized carbons (Fsp3) is 0.429. The number of amides is 2. The average molecular weight is 246 g/mol. The molecule has 2 amide bonds. The molecule has 2 N–H and O–H groups in total. The SMILES string of the molecule is CNC(=O)c1cccc(NC(=O)C2CCC2)c1C. The van der Waals surface area contributed by atoms with Gasteiger partial charge < -0.3 is 10.6 Å². The van der Waals surface area contributed by atoms with E-state index in [1.54, 1.807) is 19.2 Å². The van der Waals surface area contributed by atoms with Gasteiger partial charge in [-0.15, -0.1) is 0 Å². The number of benzene rings is 1. The monoisotopic (exact) mass is 246 g/mol. The third-order valence-corrected chi connectivity index (χ3v) is 3.54. The van der Waals surface area contributed by atoms with E-state index in [-0.39, 0.29) is 17.7 Å². The van der Waals surface area contributed by atoms with Gasteiger partial charge >= 0.3 is 0 Å². The second-order valence-electron chi connectivity index (χ2n) is 4.67. The quantitative estimate of drug-likeness (QED) is 0.858. The topological polar surface area (TPSA) is 58.2 Å². The van der Waals surface area contributed by atoms with Gasteiger partial charge in [0, 0.05) is 24.2 Å². The Labute approximate surface area is 107 Å². The van der Waals surface area contributed by atoms with Crippen LogP contribution in [0.25, 0.3) is 0 Å². The Morgan fingerprint density at radius 3 is 2.56 bits per heavy atom. The van der Waals surface area contributed by atoms with Crippen molar-refractivity contribution in [2.45, 2.75) is 26.2 Å². The summed E-state index contributed by atoms with van der Waals surface area (Å²) in [5.41, 5.74) is 2.14. The number of anilines is 1. The van der Waals surface area contributed by atoms with Gasteiger partial charge in [-0.05, 0) is 37.5 Å². The molecule has 0 aromatic heterocycles. The normalized spacial score (nSPS) is 14.8. The van der Waals surface area contributed by atoms with Gasteiger partial charge in [-0.3, -0.25) is 9.59 Å². The van der Waals surface area contributed by atoms with Crippen LogP contribution >= 0.6 is 0 Å². The summed E-state index contributed by atoms with van der Waals surface area (Å²) in [6.07, 6.45) is 3.08. The molecule has 1 aromatic rings. The smallest absolute Gasteiger partial charge is 0.251 e. The minimum Gasteiger partial charge on any atom is -0.355 e. The second-order valence-corrected chi connectivity index (χ2v) is 4.67. The first-order valence-electron chi connectivity index (χ1n) is 6.26. The van der Waals surface area contributed by atoms with Gasteiger partial charge in [0.1, 0.15) is 0 Å². The summed E-state index contributed by atoms with van der Waals surface area (Å²) in [5, 5.41) is 5.51. The average Bonchev–Trinajstić information content (AvgIpc) is 2.28. The molecule has 1 aliphatic rings. The predicted molar refractivity (Wildman–Crippen MR) is 70.5 cm³/mol. The van der Waals surface area contributed by atoms with Gasteiger partial charge in [-0.25, -0.2) is 0 Å². The van der Waals surface area contributed by atoms with Crippen LogP contribution in [0.4, 0.5) is 5.69 Å². The maximum absolute atomic E-state index is 11.9. The number of carbonyl (C=O) groups excluding carboxylic acids is 2. The number of rotatable bonds is 3. The highest BCUT2D eigenvalue weighted by atomic mass is 16.2. The van der Waals surface area contributed by atoms with E-state index in [4.69, 9.17) is 0 Å². The summed E-state index contributed by atoms with van der Waals surface area (Å²) >= 11 is 0. The molecule has 4 nitrogen and oxygen atoms in total. The summed E-state index contributed by atoms with van der Waals surface area (Å²) in [6, 6.07) is 5.37. The lowest BCUT2D eigenvalue weighted by Gasteiger charge is -2.24. The van der Waals surface area contributed by atoms with Gasteiger partial charge in [0.2, 0.25) is 5.91 Å². The molecule has 18 heavy (non-hydrogen) atoms. The molecule has 0 spiro atoms. The van der Waals surface area contributed by atoms with Crippen LogP contribution in [0.3, 0.4) is 0 Å². The highest BCUT2D eigenvalue weighted by Gasteiger charge is 2.25. The predicted octanol–water partition coefficient (Wildman–Crippen LogP) is 2.09. The lowest BCUT2D eigenvalue weighted by molar-refractivity contribution is -0.122. The van der Waals surface area contributed by atoms with Crippen molar-refractivity contribution in [3.05, 3.63) is 29.3 Å². The molecule has 0 aliphatic heterocycles. The Balaban J connectivity index is 2.17. The van der Waals surface area contributed by atoms with Crippen LogP contribution < -0.4 is 10.6 Å². The third-order valence-electron chi connectivity index (χ3n) is 3.54. The van der Waals surface area contributed by atoms with Crippen LogP contribution in [-0.2, 0) is 4.79 Å². The lowest BCUT2D eigenvalue weighted by Crippen LogP contribution is -2.28. The molecule has 2 rings (SSSR count). The van der Waals surface area contributed by atoms with E-state index in [0.29, 0.717) is 5.56 Å². The first-order valence-corrected chi connectivity index (χ1v) is 6.26. The Morgan fingerprint density at radius 1 is 1.28 bits per heavy atom. The van der Waals surface area contributed by atoms with Crippen LogP contribution in [-0.4, -0.2) is 18.9 Å². The van der Waals surface area contributed by atoms with Crippen molar-refractivity contribution in [2.75, 3.05) is 12.4 Å². The Kier molecular flexibility index (Phi) is 3.65. The molecule has 0 bridgehead atoms. The molecule has 1 fully saturated rings. The van der Waals surface area contributed by atoms with E-state index in [1.165, 1.54) is 0 Å². The highest BCUT2D eigenvalue weighted by Crippen LogP contribution is 2.28. The lowest BCUT2D eigenvalue weighted by atomic mass is 9.84. The zero-order chi connectivity index (χ0) is 13.1. The number of nitrogens with one attached hydrogen (secondary N) is 2. The molecule has 0 unspecified atom stereocenters. The van der Waals surface area contributed by atoms with E-state index in [9.17, 15) is 9.59 Å². The molecule has 96 valence electrons. The van der Waals surface area contributed by atoms with Crippen LogP contribution in [0.1, 0.15) is 35.2 Å². The molecule has 4 heteroatoms. The van der Waals surface area contributed by atoms with Crippen molar-refractivity contribution in [1.82, 2.24) is 5.32 Å². The molecule has 0 heterocycles. The first kappa shape index (κ1) is 12.6. The van der Waals surface area contributed by atoms with Gasteiger partial charge in [-0.1, -0.05) is 12.5 Å². The molecule has 1 aliphatic carbocycles. The van der Waals surface area contributed by atoms with Crippen molar-refractivity contribution < 1.29 is 9.59 Å². The zero-order valence-electron chi connectivity index (χ0n) is 10.7. The molecular formula is C14H18N2O2. The number of hydrogen-bond acceptors (Lipinski definition) is 2. The minimum absolute atomic E-state index is 0.0680. The third kappa shape index (κ3) is 2.37. The highest BCUT2D eigenvalue weighted by molar-refractivity contribution is 5.99. The van der Waals surface area contributed by atoms with E-state index >= 15 is 0 Å². The maximum Gasteiger partial charge on any atom is 0.251 e. The largest absolute Gasteiger partial charge is 0.355 e. The van der Waals surface area contributed by atoms with Crippen LogP contribution in [0.2, 0.25) is 0 Å². The van der Waals surface area contributed by atoms with Crippen molar-refractivity contribution in [2.24, 2.45) is 5.92 Å². The molecule has 0 atom stereocenters. The Bertz CT molecular complexity index is 479. The van der Waals surface area contributed by atoms with E-state index < -0.39 is 0 Å². The minimum atomic E-state index is -0.132. The fourth-order valence-corrected chi connectivity index (χ4v) is 2.06. The van der Waals surface area contributed by atoms with E-state index in [1.807, 2.05) is 13.0 Å². The van der Waals surface area contributed by atoms with Gasteiger partial charge in [0.05, 0.1) is 0 Å². The summed E-state index contributed by atoms with van der Waals surface area (Å²) in [7, 11) is 1.60. The van der Waals surface area contributed by atoms with Gasteiger partial charge in [0.15, 0.2) is 0 Å². The number of hydrogen-bond donors (Lipinski definition) is 2.